The van der Waals surface area contributed by atoms with Crippen molar-refractivity contribution in [2.24, 2.45) is 11.8 Å². The van der Waals surface area contributed by atoms with Gasteiger partial charge >= 0.3 is 23.9 Å². The molecule has 0 saturated heterocycles. The number of carbonyl (C=O) groups is 10. The van der Waals surface area contributed by atoms with Crippen LogP contribution in [0.15, 0.2) is 170 Å². The lowest BCUT2D eigenvalue weighted by atomic mass is 9.80. The molecule has 9 aromatic carbocycles. The summed E-state index contributed by atoms with van der Waals surface area (Å²) >= 11 is 0. The van der Waals surface area contributed by atoms with Crippen molar-refractivity contribution in [2.75, 3.05) is 65.9 Å². The summed E-state index contributed by atoms with van der Waals surface area (Å²) in [6.45, 7) is 33.3. The van der Waals surface area contributed by atoms with E-state index in [9.17, 15) is 28.8 Å². The van der Waals surface area contributed by atoms with Gasteiger partial charge in [-0.05, 0) is 161 Å². The molecule has 24 heteroatoms. The topological polar surface area (TPSA) is 294 Å². The lowest BCUT2D eigenvalue weighted by Gasteiger charge is -2.36. The monoisotopic (exact) mass is 1580 g/mol. The van der Waals surface area contributed by atoms with Crippen LogP contribution in [0.1, 0.15) is 146 Å². The zero-order valence-electron chi connectivity index (χ0n) is 67.1. The van der Waals surface area contributed by atoms with Gasteiger partial charge in [0.1, 0.15) is 58.1 Å². The number of carbonyl (C=O) groups excluding carboxylic acids is 10. The number of nitrogens with one attached hydrogen (secondary N) is 2. The molecule has 0 spiro atoms. The number of benzene rings is 9. The minimum Gasteiger partial charge on any atom is -0.462 e. The van der Waals surface area contributed by atoms with Crippen LogP contribution in [0.2, 0.25) is 0 Å². The van der Waals surface area contributed by atoms with Crippen molar-refractivity contribution in [1.82, 2.24) is 20.4 Å². The van der Waals surface area contributed by atoms with E-state index in [1.807, 2.05) is 41.5 Å². The number of fused-ring (bicyclic) bond motifs is 2. The molecule has 0 saturated carbocycles. The third-order valence-corrected chi connectivity index (χ3v) is 19.6. The van der Waals surface area contributed by atoms with E-state index in [0.29, 0.717) is 38.9 Å². The summed E-state index contributed by atoms with van der Waals surface area (Å²) in [5.41, 5.74) is 3.54. The standard InChI is InChI=1S/C92H96N4O20/c1-15-107-43-37-93-83(97)69(45-51(3)4)95-85(99)65-47-71(113-61-25-17-57(18-26-61)33-39-109-89(103)53(7)8)77-79-73(115-63-29-21-59(22-30-63)35-41-111-91(105)55(11)12)49-67-76-68(88(102)96(87(67)101)70(46-52(5)6)84(98)94-38-44-108-16-2)50-74(116-64-31-23-60(24-32-64)36-42-112-92(106)56(13)14)80(82(76)79)78-72(48-66(86(95)100)75(65)81(77)78)114-62-27-19-58(20-28-62)34-40-110-90(104)54(9)10/h17-32,47-52,69-70H,7,9,11,13,15-16,33-46H2,1-6,8,10,12,14H3,(H,93,97)(H,94,98). The van der Waals surface area contributed by atoms with Crippen LogP contribution in [0.3, 0.4) is 0 Å². The summed E-state index contributed by atoms with van der Waals surface area (Å²) < 4.78 is 62.2. The van der Waals surface area contributed by atoms with Crippen LogP contribution in [0.25, 0.3) is 43.1 Å². The van der Waals surface area contributed by atoms with E-state index in [4.69, 9.17) is 47.4 Å². The van der Waals surface area contributed by atoms with E-state index in [0.717, 1.165) is 32.1 Å². The SMILES string of the molecule is C=C(C)C(=O)OCCc1ccc(Oc2cc3c4c(cc(Oc5ccc(CCOC(=O)C(=C)C)cc5)c5c6c(Oc7ccc(CCOC(=O)C(=C)C)cc7)cc7c8c(cc(Oc9ccc(CCOC(=O)C(=C)C)cc9)c(c2c45)c86)C(=O)N(C(CC(C)C)C(=O)NCCOCC)C7=O)C(=O)N(C(CC(C)C)C(=O)NCCOCC)C3=O)cc1. The van der Waals surface area contributed by atoms with Crippen LogP contribution < -0.4 is 29.6 Å². The fourth-order valence-corrected chi connectivity index (χ4v) is 13.9. The van der Waals surface area contributed by atoms with E-state index >= 15 is 19.2 Å². The van der Waals surface area contributed by atoms with Crippen molar-refractivity contribution in [3.8, 4) is 46.0 Å². The van der Waals surface area contributed by atoms with Crippen LogP contribution in [0.5, 0.6) is 46.0 Å². The number of hydrogen-bond donors (Lipinski definition) is 2. The Kier molecular flexibility index (Phi) is 27.4. The van der Waals surface area contributed by atoms with E-state index in [1.165, 1.54) is 24.3 Å². The van der Waals surface area contributed by atoms with Gasteiger partial charge in [-0.15, -0.1) is 0 Å². The Morgan fingerprint density at radius 1 is 0.345 bits per heavy atom. The second-order valence-corrected chi connectivity index (χ2v) is 29.6. The Balaban J connectivity index is 1.28. The Morgan fingerprint density at radius 2 is 0.578 bits per heavy atom. The molecule has 2 aliphatic rings. The third kappa shape index (κ3) is 19.1. The summed E-state index contributed by atoms with van der Waals surface area (Å²) in [7, 11) is 0. The number of nitrogens with zero attached hydrogens (tertiary/aromatic N) is 2. The minimum atomic E-state index is -1.39. The molecule has 0 aliphatic carbocycles. The van der Waals surface area contributed by atoms with Crippen molar-refractivity contribution in [3.63, 3.8) is 0 Å². The fourth-order valence-electron chi connectivity index (χ4n) is 13.9. The number of rotatable bonds is 40. The largest absolute Gasteiger partial charge is 0.462 e. The quantitative estimate of drug-likeness (QED) is 0.00686. The molecule has 0 aromatic heterocycles. The molecular formula is C92H96N4O20. The van der Waals surface area contributed by atoms with Crippen molar-refractivity contribution in [1.29, 1.82) is 0 Å². The molecule has 11 rings (SSSR count). The first-order valence-electron chi connectivity index (χ1n) is 38.8. The van der Waals surface area contributed by atoms with Gasteiger partial charge in [-0.3, -0.25) is 38.6 Å². The number of hydrogen-bond acceptors (Lipinski definition) is 20. The fraction of sp³-hybridized carbons (Fsp3) is 0.326. The van der Waals surface area contributed by atoms with E-state index in [-0.39, 0.29) is 211 Å². The second kappa shape index (κ2) is 37.6. The zero-order chi connectivity index (χ0) is 83.3. The summed E-state index contributed by atoms with van der Waals surface area (Å²) in [4.78, 5) is 147. The molecule has 6 amide bonds. The van der Waals surface area contributed by atoms with Crippen LogP contribution >= 0.6 is 0 Å². The summed E-state index contributed by atoms with van der Waals surface area (Å²) in [6, 6.07) is 30.9. The average molecular weight is 1580 g/mol. The minimum absolute atomic E-state index is 0.0226. The molecule has 2 N–H and O–H groups in total. The first-order valence-corrected chi connectivity index (χ1v) is 38.8. The molecule has 24 nitrogen and oxygen atoms in total. The third-order valence-electron chi connectivity index (χ3n) is 19.6. The predicted molar refractivity (Wildman–Crippen MR) is 438 cm³/mol. The van der Waals surface area contributed by atoms with Gasteiger partial charge in [-0.25, -0.2) is 19.2 Å². The Hall–Kier alpha value is -12.5. The molecule has 2 unspecified atom stereocenters. The Labute approximate surface area is 672 Å². The van der Waals surface area contributed by atoms with Crippen LogP contribution in [-0.4, -0.2) is 147 Å². The van der Waals surface area contributed by atoms with Gasteiger partial charge in [-0.1, -0.05) is 103 Å². The first kappa shape index (κ1) is 84.4. The second-order valence-electron chi connectivity index (χ2n) is 29.6. The van der Waals surface area contributed by atoms with Gasteiger partial charge in [0.15, 0.2) is 0 Å². The molecule has 2 aliphatic heterocycles. The molecule has 0 radical (unpaired) electrons. The van der Waals surface area contributed by atoms with Gasteiger partial charge in [0, 0.05) is 117 Å². The summed E-state index contributed by atoms with van der Waals surface area (Å²) in [5, 5.41) is 6.88. The van der Waals surface area contributed by atoms with Crippen molar-refractivity contribution in [3.05, 3.63) is 214 Å². The van der Waals surface area contributed by atoms with Gasteiger partial charge in [0.2, 0.25) is 11.8 Å². The molecule has 0 bridgehead atoms. The van der Waals surface area contributed by atoms with Gasteiger partial charge in [-0.2, -0.15) is 0 Å². The van der Waals surface area contributed by atoms with E-state index in [1.54, 1.807) is 125 Å². The van der Waals surface area contributed by atoms with Gasteiger partial charge < -0.3 is 58.0 Å². The maximum atomic E-state index is 16.4. The van der Waals surface area contributed by atoms with E-state index < -0.39 is 71.4 Å². The Morgan fingerprint density at radius 3 is 0.784 bits per heavy atom. The van der Waals surface area contributed by atoms with E-state index in [2.05, 4.69) is 36.9 Å². The normalized spacial score (nSPS) is 13.0. The average Bonchev–Trinajstić information content (AvgIpc) is 0.670. The summed E-state index contributed by atoms with van der Waals surface area (Å²) in [6.07, 6.45) is 1.23. The highest BCUT2D eigenvalue weighted by Crippen LogP contribution is 2.58. The molecule has 0 fully saturated rings. The highest BCUT2D eigenvalue weighted by Gasteiger charge is 2.47. The van der Waals surface area contributed by atoms with Crippen molar-refractivity contribution in [2.45, 2.75) is 120 Å². The number of esters is 4. The molecule has 116 heavy (non-hydrogen) atoms. The van der Waals surface area contributed by atoms with Crippen LogP contribution in [0, 0.1) is 11.8 Å². The zero-order valence-corrected chi connectivity index (χ0v) is 67.1. The van der Waals surface area contributed by atoms with Crippen molar-refractivity contribution < 1.29 is 95.3 Å². The lowest BCUT2D eigenvalue weighted by molar-refractivity contribution is -0.139. The smallest absolute Gasteiger partial charge is 0.333 e. The molecule has 2 heterocycles. The number of ether oxygens (including phenoxy) is 10. The Bertz CT molecular complexity index is 4740. The maximum Gasteiger partial charge on any atom is 0.333 e. The molecule has 604 valence electrons. The molecule has 2 atom stereocenters. The van der Waals surface area contributed by atoms with Crippen LogP contribution in [0.4, 0.5) is 0 Å². The molecular weight excluding hydrogens is 1480 g/mol. The first-order chi connectivity index (χ1) is 55.6. The number of imide groups is 2. The van der Waals surface area contributed by atoms with Crippen molar-refractivity contribution >= 4 is 102 Å². The number of amides is 6. The molecule has 9 aromatic rings. The lowest BCUT2D eigenvalue weighted by Crippen LogP contribution is -2.54. The van der Waals surface area contributed by atoms with Crippen LogP contribution in [-0.2, 0) is 82.9 Å². The highest BCUT2D eigenvalue weighted by molar-refractivity contribution is 6.45. The van der Waals surface area contributed by atoms with Gasteiger partial charge in [0.05, 0.1) is 61.9 Å². The predicted octanol–water partition coefficient (Wildman–Crippen LogP) is 15.9. The van der Waals surface area contributed by atoms with Gasteiger partial charge in [0.25, 0.3) is 23.6 Å². The highest BCUT2D eigenvalue weighted by atomic mass is 16.5. The summed E-state index contributed by atoms with van der Waals surface area (Å²) in [5.74, 6) is -6.78. The maximum absolute atomic E-state index is 16.4.